The highest BCUT2D eigenvalue weighted by Crippen LogP contribution is 2.29. The lowest BCUT2D eigenvalue weighted by Gasteiger charge is -2.04. The average molecular weight is 370 g/mol. The second-order valence-electron chi connectivity index (χ2n) is 3.55. The molecule has 20 heavy (non-hydrogen) atoms. The van der Waals surface area contributed by atoms with E-state index in [1.54, 1.807) is 29.5 Å². The lowest BCUT2D eigenvalue weighted by molar-refractivity contribution is 0.822. The molecule has 0 amide bonds. The molecule has 3 rings (SSSR count). The van der Waals surface area contributed by atoms with E-state index < -0.39 is 0 Å². The van der Waals surface area contributed by atoms with Crippen molar-refractivity contribution >= 4 is 39.3 Å². The first-order valence-electron chi connectivity index (χ1n) is 5.40. The summed E-state index contributed by atoms with van der Waals surface area (Å²) >= 11 is 10.7. The molecule has 0 fully saturated rings. The van der Waals surface area contributed by atoms with Gasteiger partial charge in [-0.15, -0.1) is 0 Å². The van der Waals surface area contributed by atoms with Gasteiger partial charge in [0.1, 0.15) is 11.4 Å². The highest BCUT2D eigenvalue weighted by Gasteiger charge is 2.10. The first kappa shape index (κ1) is 13.5. The number of aromatic nitrogens is 6. The summed E-state index contributed by atoms with van der Waals surface area (Å²) in [5.41, 5.74) is 0. The molecule has 0 aliphatic rings. The molecular weight excluding hydrogens is 364 g/mol. The van der Waals surface area contributed by atoms with Crippen molar-refractivity contribution in [1.29, 1.82) is 0 Å². The Bertz CT molecular complexity index is 736. The van der Waals surface area contributed by atoms with Crippen LogP contribution in [-0.4, -0.2) is 29.5 Å². The molecule has 0 N–H and O–H groups in total. The van der Waals surface area contributed by atoms with Crippen LogP contribution in [-0.2, 0) is 0 Å². The van der Waals surface area contributed by atoms with E-state index in [1.165, 1.54) is 11.8 Å². The Morgan fingerprint density at radius 2 is 2.10 bits per heavy atom. The van der Waals surface area contributed by atoms with E-state index in [1.807, 2.05) is 12.1 Å². The van der Waals surface area contributed by atoms with Crippen LogP contribution in [0.2, 0.25) is 5.28 Å². The van der Waals surface area contributed by atoms with Gasteiger partial charge in [-0.2, -0.15) is 15.0 Å². The fourth-order valence-electron chi connectivity index (χ4n) is 1.39. The van der Waals surface area contributed by atoms with Gasteiger partial charge in [0, 0.05) is 18.6 Å². The first-order valence-corrected chi connectivity index (χ1v) is 7.39. The van der Waals surface area contributed by atoms with Gasteiger partial charge in [-0.25, -0.2) is 9.97 Å². The van der Waals surface area contributed by atoms with Crippen LogP contribution in [0.3, 0.4) is 0 Å². The maximum atomic E-state index is 5.93. The van der Waals surface area contributed by atoms with Crippen LogP contribution in [0.4, 0.5) is 0 Å². The van der Waals surface area contributed by atoms with Crippen molar-refractivity contribution in [1.82, 2.24) is 29.5 Å². The zero-order valence-corrected chi connectivity index (χ0v) is 13.0. The van der Waals surface area contributed by atoms with E-state index in [-0.39, 0.29) is 5.28 Å². The van der Waals surface area contributed by atoms with Gasteiger partial charge in [0.2, 0.25) is 11.2 Å². The van der Waals surface area contributed by atoms with Gasteiger partial charge >= 0.3 is 0 Å². The van der Waals surface area contributed by atoms with Crippen molar-refractivity contribution in [2.45, 2.75) is 10.2 Å². The van der Waals surface area contributed by atoms with Gasteiger partial charge in [-0.05, 0) is 51.4 Å². The molecule has 0 spiro atoms. The van der Waals surface area contributed by atoms with E-state index in [4.69, 9.17) is 11.6 Å². The van der Waals surface area contributed by atoms with E-state index in [2.05, 4.69) is 40.8 Å². The quantitative estimate of drug-likeness (QED) is 0.707. The number of rotatable bonds is 3. The van der Waals surface area contributed by atoms with E-state index in [0.717, 1.165) is 9.50 Å². The van der Waals surface area contributed by atoms with Crippen molar-refractivity contribution in [3.05, 3.63) is 46.8 Å². The Kier molecular flexibility index (Phi) is 3.95. The summed E-state index contributed by atoms with van der Waals surface area (Å²) in [6.07, 6.45) is 6.67. The molecule has 0 unspecified atom stereocenters. The summed E-state index contributed by atoms with van der Waals surface area (Å²) in [6.45, 7) is 0. The number of hydrogen-bond acceptors (Lipinski definition) is 6. The van der Waals surface area contributed by atoms with E-state index >= 15 is 0 Å². The molecule has 100 valence electrons. The molecule has 0 aromatic carbocycles. The van der Waals surface area contributed by atoms with Crippen LogP contribution >= 0.6 is 39.3 Å². The predicted molar refractivity (Wildman–Crippen MR) is 78.0 cm³/mol. The Balaban J connectivity index is 1.97. The van der Waals surface area contributed by atoms with Gasteiger partial charge < -0.3 is 0 Å². The summed E-state index contributed by atoms with van der Waals surface area (Å²) in [4.78, 5) is 20.7. The molecule has 0 atom stereocenters. The molecule has 0 aliphatic heterocycles. The Labute approximate surface area is 131 Å². The number of pyridine rings is 1. The third-order valence-electron chi connectivity index (χ3n) is 2.22. The SMILES string of the molecule is Clc1nc(Sc2ncccc2Br)nc(-n2ccnc2)n1. The number of nitrogens with zero attached hydrogens (tertiary/aromatic N) is 6. The van der Waals surface area contributed by atoms with Gasteiger partial charge in [-0.3, -0.25) is 4.57 Å². The summed E-state index contributed by atoms with van der Waals surface area (Å²) in [5, 5.41) is 1.35. The highest BCUT2D eigenvalue weighted by molar-refractivity contribution is 9.10. The fourth-order valence-corrected chi connectivity index (χ4v) is 2.81. The lowest BCUT2D eigenvalue weighted by Crippen LogP contribution is -2.02. The van der Waals surface area contributed by atoms with Gasteiger partial charge in [0.25, 0.3) is 0 Å². The molecule has 3 aromatic heterocycles. The molecule has 0 aliphatic carbocycles. The molecule has 3 aromatic rings. The number of imidazole rings is 1. The molecule has 0 saturated heterocycles. The molecule has 9 heteroatoms. The van der Waals surface area contributed by atoms with Crippen molar-refractivity contribution in [3.8, 4) is 5.95 Å². The average Bonchev–Trinajstić information content (AvgIpc) is 2.95. The Morgan fingerprint density at radius 1 is 1.20 bits per heavy atom. The van der Waals surface area contributed by atoms with E-state index in [9.17, 15) is 0 Å². The molecule has 0 bridgehead atoms. The van der Waals surface area contributed by atoms with Gasteiger partial charge in [-0.1, -0.05) is 0 Å². The minimum absolute atomic E-state index is 0.123. The third kappa shape index (κ3) is 2.97. The topological polar surface area (TPSA) is 69.4 Å². The predicted octanol–water partition coefficient (Wildman–Crippen LogP) is 3.02. The zero-order chi connectivity index (χ0) is 13.9. The lowest BCUT2D eigenvalue weighted by atomic mass is 10.5. The minimum Gasteiger partial charge on any atom is -0.274 e. The van der Waals surface area contributed by atoms with Crippen molar-refractivity contribution in [2.24, 2.45) is 0 Å². The number of hydrogen-bond donors (Lipinski definition) is 0. The van der Waals surface area contributed by atoms with Crippen LogP contribution in [0.1, 0.15) is 0 Å². The van der Waals surface area contributed by atoms with Gasteiger partial charge in [0.05, 0.1) is 4.47 Å². The molecule has 0 radical (unpaired) electrons. The largest absolute Gasteiger partial charge is 0.274 e. The Morgan fingerprint density at radius 3 is 2.85 bits per heavy atom. The maximum Gasteiger partial charge on any atom is 0.240 e. The molecule has 0 saturated carbocycles. The third-order valence-corrected chi connectivity index (χ3v) is 4.18. The summed E-state index contributed by atoms with van der Waals surface area (Å²) < 4.78 is 2.52. The zero-order valence-electron chi connectivity index (χ0n) is 9.81. The van der Waals surface area contributed by atoms with Crippen LogP contribution in [0.25, 0.3) is 5.95 Å². The second kappa shape index (κ2) is 5.86. The van der Waals surface area contributed by atoms with Crippen LogP contribution < -0.4 is 0 Å². The van der Waals surface area contributed by atoms with Crippen LogP contribution in [0.15, 0.2) is 51.7 Å². The van der Waals surface area contributed by atoms with Crippen molar-refractivity contribution in [2.75, 3.05) is 0 Å². The van der Waals surface area contributed by atoms with Crippen LogP contribution in [0.5, 0.6) is 0 Å². The summed E-state index contributed by atoms with van der Waals surface area (Å²) in [6, 6.07) is 3.74. The van der Waals surface area contributed by atoms with E-state index in [0.29, 0.717) is 11.1 Å². The first-order chi connectivity index (χ1) is 9.72. The normalized spacial score (nSPS) is 10.7. The molecule has 6 nitrogen and oxygen atoms in total. The summed E-state index contributed by atoms with van der Waals surface area (Å²) in [5.74, 6) is 0.414. The standard InChI is InChI=1S/C11H6BrClN6S/c12-7-2-1-3-15-8(7)20-11-17-9(13)16-10(18-11)19-5-4-14-6-19/h1-6H. The smallest absolute Gasteiger partial charge is 0.240 e. The monoisotopic (exact) mass is 368 g/mol. The fraction of sp³-hybridized carbons (Fsp3) is 0. The van der Waals surface area contributed by atoms with Crippen molar-refractivity contribution in [3.63, 3.8) is 0 Å². The maximum absolute atomic E-state index is 5.93. The second-order valence-corrected chi connectivity index (χ2v) is 5.70. The Hall–Kier alpha value is -1.51. The van der Waals surface area contributed by atoms with Crippen molar-refractivity contribution < 1.29 is 0 Å². The summed E-state index contributed by atoms with van der Waals surface area (Å²) in [7, 11) is 0. The minimum atomic E-state index is 0.123. The van der Waals surface area contributed by atoms with Gasteiger partial charge in [0.15, 0.2) is 5.16 Å². The number of halogens is 2. The van der Waals surface area contributed by atoms with Crippen LogP contribution in [0, 0.1) is 0 Å². The molecular formula is C11H6BrClN6S. The molecule has 3 heterocycles. The highest BCUT2D eigenvalue weighted by atomic mass is 79.9.